The molecule has 1 aromatic heterocycles. The predicted octanol–water partition coefficient (Wildman–Crippen LogP) is 2.08. The van der Waals surface area contributed by atoms with Crippen LogP contribution in [0.25, 0.3) is 11.3 Å². The van der Waals surface area contributed by atoms with E-state index < -0.39 is 12.0 Å². The van der Waals surface area contributed by atoms with E-state index >= 15 is 0 Å². The molecule has 1 unspecified atom stereocenters. The highest BCUT2D eigenvalue weighted by Crippen LogP contribution is 2.23. The Morgan fingerprint density at radius 2 is 1.91 bits per heavy atom. The zero-order valence-corrected chi connectivity index (χ0v) is 12.1. The van der Waals surface area contributed by atoms with E-state index in [-0.39, 0.29) is 12.4 Å². The molecule has 0 aliphatic rings. The third-order valence-corrected chi connectivity index (χ3v) is 3.08. The van der Waals surface area contributed by atoms with Crippen LogP contribution < -0.4 is 5.73 Å². The van der Waals surface area contributed by atoms with Crippen LogP contribution in [0.2, 0.25) is 0 Å². The summed E-state index contributed by atoms with van der Waals surface area (Å²) in [7, 11) is 0. The first-order chi connectivity index (χ1) is 10.5. The highest BCUT2D eigenvalue weighted by molar-refractivity contribution is 5.89. The summed E-state index contributed by atoms with van der Waals surface area (Å²) < 4.78 is 10.5. The lowest BCUT2D eigenvalue weighted by molar-refractivity contribution is -0.138. The third kappa shape index (κ3) is 3.73. The SMILES string of the molecule is CCOC(=O)c1ccc(-c2ccc(CC(N)C(=O)O)o2)cc1. The van der Waals surface area contributed by atoms with Gasteiger partial charge in [-0.25, -0.2) is 4.79 Å². The average molecular weight is 303 g/mol. The number of nitrogens with two attached hydrogens (primary N) is 1. The second kappa shape index (κ2) is 6.91. The summed E-state index contributed by atoms with van der Waals surface area (Å²) in [5.74, 6) is -0.360. The maximum atomic E-state index is 11.6. The molecular formula is C16H17NO5. The van der Waals surface area contributed by atoms with Gasteiger partial charge in [-0.05, 0) is 31.2 Å². The molecule has 22 heavy (non-hydrogen) atoms. The fraction of sp³-hybridized carbons (Fsp3) is 0.250. The number of hydrogen-bond acceptors (Lipinski definition) is 5. The normalized spacial score (nSPS) is 11.9. The molecule has 1 aromatic carbocycles. The monoisotopic (exact) mass is 303 g/mol. The molecule has 0 saturated carbocycles. The molecule has 6 nitrogen and oxygen atoms in total. The van der Waals surface area contributed by atoms with E-state index in [1.54, 1.807) is 43.3 Å². The smallest absolute Gasteiger partial charge is 0.338 e. The lowest BCUT2D eigenvalue weighted by Gasteiger charge is -2.04. The summed E-state index contributed by atoms with van der Waals surface area (Å²) in [4.78, 5) is 22.3. The van der Waals surface area contributed by atoms with E-state index in [0.717, 1.165) is 5.56 Å². The van der Waals surface area contributed by atoms with Gasteiger partial charge >= 0.3 is 11.9 Å². The number of aliphatic carboxylic acids is 1. The van der Waals surface area contributed by atoms with E-state index in [1.807, 2.05) is 0 Å². The van der Waals surface area contributed by atoms with E-state index in [2.05, 4.69) is 0 Å². The molecule has 0 fully saturated rings. The second-order valence-corrected chi connectivity index (χ2v) is 4.71. The molecule has 1 atom stereocenters. The molecule has 2 aromatic rings. The molecule has 2 rings (SSSR count). The van der Waals surface area contributed by atoms with Crippen LogP contribution >= 0.6 is 0 Å². The Balaban J connectivity index is 2.11. The van der Waals surface area contributed by atoms with Gasteiger partial charge in [-0.2, -0.15) is 0 Å². The summed E-state index contributed by atoms with van der Waals surface area (Å²) in [5.41, 5.74) is 6.71. The van der Waals surface area contributed by atoms with Crippen LogP contribution in [0.4, 0.5) is 0 Å². The van der Waals surface area contributed by atoms with Gasteiger partial charge in [0, 0.05) is 12.0 Å². The predicted molar refractivity (Wildman–Crippen MR) is 79.4 cm³/mol. The van der Waals surface area contributed by atoms with Gasteiger partial charge in [-0.1, -0.05) is 12.1 Å². The Labute approximate surface area is 127 Å². The van der Waals surface area contributed by atoms with Gasteiger partial charge < -0.3 is 20.0 Å². The number of carboxylic acids is 1. The average Bonchev–Trinajstić information content (AvgIpc) is 2.96. The molecular weight excluding hydrogens is 286 g/mol. The maximum Gasteiger partial charge on any atom is 0.338 e. The number of hydrogen-bond donors (Lipinski definition) is 2. The minimum absolute atomic E-state index is 0.121. The number of esters is 1. The largest absolute Gasteiger partial charge is 0.480 e. The van der Waals surface area contributed by atoms with Crippen molar-refractivity contribution in [2.75, 3.05) is 6.61 Å². The van der Waals surface area contributed by atoms with Crippen molar-refractivity contribution in [2.45, 2.75) is 19.4 Å². The van der Waals surface area contributed by atoms with Gasteiger partial charge in [0.2, 0.25) is 0 Å². The minimum atomic E-state index is -1.07. The Bertz CT molecular complexity index is 659. The van der Waals surface area contributed by atoms with Crippen molar-refractivity contribution in [3.63, 3.8) is 0 Å². The van der Waals surface area contributed by atoms with Crippen molar-refractivity contribution in [3.05, 3.63) is 47.7 Å². The number of carbonyl (C=O) groups excluding carboxylic acids is 1. The fourth-order valence-electron chi connectivity index (χ4n) is 1.93. The van der Waals surface area contributed by atoms with Crippen LogP contribution in [0.1, 0.15) is 23.0 Å². The molecule has 0 saturated heterocycles. The summed E-state index contributed by atoms with van der Waals surface area (Å²) in [6, 6.07) is 9.22. The summed E-state index contributed by atoms with van der Waals surface area (Å²) in [6.07, 6.45) is 0.121. The molecule has 6 heteroatoms. The Morgan fingerprint density at radius 3 is 2.50 bits per heavy atom. The van der Waals surface area contributed by atoms with Gasteiger partial charge in [0.05, 0.1) is 12.2 Å². The van der Waals surface area contributed by atoms with Crippen LogP contribution in [0, 0.1) is 0 Å². The van der Waals surface area contributed by atoms with Gasteiger partial charge in [-0.15, -0.1) is 0 Å². The third-order valence-electron chi connectivity index (χ3n) is 3.08. The maximum absolute atomic E-state index is 11.6. The van der Waals surface area contributed by atoms with Crippen LogP contribution in [-0.2, 0) is 16.0 Å². The Hall–Kier alpha value is -2.60. The first kappa shape index (κ1) is 15.8. The second-order valence-electron chi connectivity index (χ2n) is 4.71. The summed E-state index contributed by atoms with van der Waals surface area (Å²) >= 11 is 0. The van der Waals surface area contributed by atoms with Crippen molar-refractivity contribution in [1.82, 2.24) is 0 Å². The number of carbonyl (C=O) groups is 2. The number of benzene rings is 1. The molecule has 116 valence electrons. The number of rotatable bonds is 6. The number of furan rings is 1. The zero-order valence-electron chi connectivity index (χ0n) is 12.1. The van der Waals surface area contributed by atoms with Crippen molar-refractivity contribution in [1.29, 1.82) is 0 Å². The van der Waals surface area contributed by atoms with Crippen molar-refractivity contribution < 1.29 is 23.8 Å². The molecule has 0 aliphatic heterocycles. The van der Waals surface area contributed by atoms with Gasteiger partial charge in [0.15, 0.2) is 0 Å². The number of ether oxygens (including phenoxy) is 1. The highest BCUT2D eigenvalue weighted by Gasteiger charge is 2.15. The minimum Gasteiger partial charge on any atom is -0.480 e. The van der Waals surface area contributed by atoms with Crippen LogP contribution in [0.3, 0.4) is 0 Å². The van der Waals surface area contributed by atoms with E-state index in [0.29, 0.717) is 23.7 Å². The van der Waals surface area contributed by atoms with Gasteiger partial charge in [0.1, 0.15) is 17.6 Å². The highest BCUT2D eigenvalue weighted by atomic mass is 16.5. The van der Waals surface area contributed by atoms with Gasteiger partial charge in [0.25, 0.3) is 0 Å². The Kier molecular flexibility index (Phi) is 4.95. The molecule has 0 spiro atoms. The first-order valence-electron chi connectivity index (χ1n) is 6.86. The molecule has 0 bridgehead atoms. The zero-order chi connectivity index (χ0) is 16.1. The van der Waals surface area contributed by atoms with Crippen molar-refractivity contribution in [3.8, 4) is 11.3 Å². The number of carboxylic acid groups (broad SMARTS) is 1. The molecule has 0 amide bonds. The molecule has 3 N–H and O–H groups in total. The standard InChI is InChI=1S/C16H17NO5/c1-2-21-16(20)11-5-3-10(4-6-11)14-8-7-12(22-14)9-13(17)15(18)19/h3-8,13H,2,9,17H2,1H3,(H,18,19). The lowest BCUT2D eigenvalue weighted by Crippen LogP contribution is -2.32. The van der Waals surface area contributed by atoms with Crippen molar-refractivity contribution >= 4 is 11.9 Å². The molecule has 1 heterocycles. The van der Waals surface area contributed by atoms with Crippen LogP contribution in [0.5, 0.6) is 0 Å². The lowest BCUT2D eigenvalue weighted by atomic mass is 10.1. The Morgan fingerprint density at radius 1 is 1.23 bits per heavy atom. The van der Waals surface area contributed by atoms with Crippen molar-refractivity contribution in [2.24, 2.45) is 5.73 Å². The molecule has 0 radical (unpaired) electrons. The first-order valence-corrected chi connectivity index (χ1v) is 6.86. The topological polar surface area (TPSA) is 103 Å². The quantitative estimate of drug-likeness (QED) is 0.792. The van der Waals surface area contributed by atoms with E-state index in [4.69, 9.17) is 20.0 Å². The fourth-order valence-corrected chi connectivity index (χ4v) is 1.93. The van der Waals surface area contributed by atoms with Crippen LogP contribution in [0.15, 0.2) is 40.8 Å². The van der Waals surface area contributed by atoms with Crippen LogP contribution in [-0.4, -0.2) is 29.7 Å². The van der Waals surface area contributed by atoms with E-state index in [9.17, 15) is 9.59 Å². The van der Waals surface area contributed by atoms with E-state index in [1.165, 1.54) is 0 Å². The summed E-state index contributed by atoms with van der Waals surface area (Å²) in [5, 5.41) is 8.78. The van der Waals surface area contributed by atoms with Gasteiger partial charge in [-0.3, -0.25) is 4.79 Å². The molecule has 0 aliphatic carbocycles. The summed E-state index contributed by atoms with van der Waals surface area (Å²) in [6.45, 7) is 2.07.